The first kappa shape index (κ1) is 74.2. The summed E-state index contributed by atoms with van der Waals surface area (Å²) < 4.78 is 12.6. The van der Waals surface area contributed by atoms with Crippen molar-refractivity contribution in [2.75, 3.05) is 9.80 Å². The molecule has 2 heterocycles. The predicted molar refractivity (Wildman–Crippen MR) is 539 cm³/mol. The van der Waals surface area contributed by atoms with Gasteiger partial charge >= 0.3 is 0 Å². The maximum Gasteiger partial charge on any atom is 0.135 e. The van der Waals surface area contributed by atoms with Crippen LogP contribution in [-0.2, 0) is 5.41 Å². The highest BCUT2D eigenvalue weighted by Crippen LogP contribution is 2.65. The van der Waals surface area contributed by atoms with Crippen LogP contribution in [0.4, 0.5) is 28.4 Å². The zero-order chi connectivity index (χ0) is 84.9. The lowest BCUT2D eigenvalue weighted by Crippen LogP contribution is -2.30. The second-order valence-electron chi connectivity index (χ2n) is 37.6. The van der Waals surface area contributed by atoms with E-state index in [0.29, 0.717) is 11.8 Å². The summed E-state index contributed by atoms with van der Waals surface area (Å²) in [6.07, 6.45) is 28.2. The second-order valence-corrected chi connectivity index (χ2v) is 37.6. The van der Waals surface area contributed by atoms with Crippen molar-refractivity contribution in [2.24, 2.45) is 11.3 Å². The fourth-order valence-corrected chi connectivity index (χ4v) is 24.4. The smallest absolute Gasteiger partial charge is 0.135 e. The van der Waals surface area contributed by atoms with Gasteiger partial charge in [-0.3, -0.25) is 0 Å². The average molecular weight is 1650 g/mol. The number of rotatable bonds is 13. The van der Waals surface area contributed by atoms with Crippen LogP contribution in [0.25, 0.3) is 150 Å². The molecule has 8 aliphatic carbocycles. The third-order valence-electron chi connectivity index (χ3n) is 30.6. The van der Waals surface area contributed by atoms with Gasteiger partial charge in [-0.05, 0) is 332 Å². The van der Waals surface area contributed by atoms with Crippen molar-refractivity contribution < 1.29 is 8.83 Å². The van der Waals surface area contributed by atoms with Crippen molar-refractivity contribution in [3.63, 3.8) is 0 Å². The zero-order valence-corrected chi connectivity index (χ0v) is 72.1. The minimum atomic E-state index is -0.477. The largest absolute Gasteiger partial charge is 0.456 e. The van der Waals surface area contributed by atoms with E-state index in [1.54, 1.807) is 16.7 Å². The summed E-state index contributed by atoms with van der Waals surface area (Å²) in [5.74, 6) is 1.25. The van der Waals surface area contributed by atoms with Crippen LogP contribution < -0.4 is 20.2 Å². The summed E-state index contributed by atoms with van der Waals surface area (Å²) >= 11 is 0. The number of hydrogen-bond donors (Lipinski definition) is 0. The summed E-state index contributed by atoms with van der Waals surface area (Å²) in [6.45, 7) is 5.04. The number of hydrogen-bond acceptors (Lipinski definition) is 4. The van der Waals surface area contributed by atoms with E-state index < -0.39 is 5.41 Å². The van der Waals surface area contributed by atoms with Gasteiger partial charge in [0.05, 0.1) is 5.41 Å². The van der Waals surface area contributed by atoms with Crippen molar-refractivity contribution >= 4 is 134 Å². The van der Waals surface area contributed by atoms with Crippen LogP contribution in [-0.4, -0.2) is 0 Å². The molecule has 0 spiro atoms. The average Bonchev–Trinajstić information content (AvgIpc) is 1.51. The Morgan fingerprint density at radius 1 is 0.364 bits per heavy atom. The molecule has 17 aromatic carbocycles. The number of anilines is 5. The van der Waals surface area contributed by atoms with Gasteiger partial charge in [-0.1, -0.05) is 310 Å². The Balaban J connectivity index is 0.531. The molecule has 2 aromatic heterocycles. The van der Waals surface area contributed by atoms with Crippen molar-refractivity contribution in [1.82, 2.24) is 0 Å². The van der Waals surface area contributed by atoms with Crippen molar-refractivity contribution in [1.29, 1.82) is 0 Å². The molecule has 1 fully saturated rings. The SMILES string of the molecule is CC1(C)C2=C(CCC(N(c3ccc(-c4ccc5oc6ccccc6c5c4)cc3)c3ccc(C4C=c5c(c6ccccc6c6ccccc56)=CC4)cc3)=C2)C2=C1CCC(C1=Cc3c(c4ccccc4c4cc(-c5ccc(N(c6ccc(-c7ccc8oc9ccccc9c8c7)cc6)c6ccc7c(c6)C(C6=CC=CCC6)(c6ccccc6)c6ccccc6-7)cc5)ccc34)C3CC13)=C2. The highest BCUT2D eigenvalue weighted by molar-refractivity contribution is 6.16. The molecule has 4 atom stereocenters. The molecule has 27 rings (SSSR count). The molecular formula is C125H90N2O2. The van der Waals surface area contributed by atoms with Crippen LogP contribution >= 0.6 is 0 Å². The zero-order valence-electron chi connectivity index (χ0n) is 72.1. The van der Waals surface area contributed by atoms with Crippen LogP contribution in [0.3, 0.4) is 0 Å². The molecule has 1 saturated carbocycles. The summed E-state index contributed by atoms with van der Waals surface area (Å²) in [4.78, 5) is 5.06. The van der Waals surface area contributed by atoms with E-state index in [2.05, 4.69) is 406 Å². The third-order valence-corrected chi connectivity index (χ3v) is 30.6. The van der Waals surface area contributed by atoms with E-state index in [1.807, 2.05) is 12.1 Å². The number of allylic oxidation sites excluding steroid dienone is 13. The summed E-state index contributed by atoms with van der Waals surface area (Å²) in [5.41, 5.74) is 38.5. The van der Waals surface area contributed by atoms with Crippen molar-refractivity contribution in [3.05, 3.63) is 465 Å². The molecule has 0 aliphatic heterocycles. The second kappa shape index (κ2) is 28.7. The van der Waals surface area contributed by atoms with Crippen LogP contribution in [0.1, 0.15) is 110 Å². The highest BCUT2D eigenvalue weighted by atomic mass is 16.3. The quantitative estimate of drug-likeness (QED) is 0.108. The topological polar surface area (TPSA) is 32.8 Å². The van der Waals surface area contributed by atoms with Gasteiger partial charge in [0, 0.05) is 67.0 Å². The molecule has 0 amide bonds. The Labute approximate surface area is 750 Å². The van der Waals surface area contributed by atoms with Gasteiger partial charge in [0.15, 0.2) is 0 Å². The van der Waals surface area contributed by atoms with Gasteiger partial charge in [-0.25, -0.2) is 0 Å². The van der Waals surface area contributed by atoms with Gasteiger partial charge < -0.3 is 18.6 Å². The molecule has 19 aromatic rings. The first-order chi connectivity index (χ1) is 63.7. The Morgan fingerprint density at radius 3 is 1.53 bits per heavy atom. The van der Waals surface area contributed by atoms with E-state index in [1.165, 1.54) is 160 Å². The van der Waals surface area contributed by atoms with Gasteiger partial charge in [0.25, 0.3) is 0 Å². The Bertz CT molecular complexity index is 8440. The van der Waals surface area contributed by atoms with Crippen LogP contribution in [0.2, 0.25) is 0 Å². The molecular weight excluding hydrogens is 1560 g/mol. The van der Waals surface area contributed by atoms with E-state index in [-0.39, 0.29) is 11.3 Å². The lowest BCUT2D eigenvalue weighted by molar-refractivity contribution is 0.529. The van der Waals surface area contributed by atoms with Gasteiger partial charge in [-0.15, -0.1) is 0 Å². The Kier molecular flexibility index (Phi) is 16.5. The van der Waals surface area contributed by atoms with E-state index >= 15 is 0 Å². The van der Waals surface area contributed by atoms with Gasteiger partial charge in [0.2, 0.25) is 0 Å². The molecule has 4 nitrogen and oxygen atoms in total. The lowest BCUT2D eigenvalue weighted by Gasteiger charge is -2.37. The van der Waals surface area contributed by atoms with Crippen LogP contribution in [0.15, 0.2) is 430 Å². The predicted octanol–water partition coefficient (Wildman–Crippen LogP) is 32.3. The van der Waals surface area contributed by atoms with E-state index in [4.69, 9.17) is 8.83 Å². The van der Waals surface area contributed by atoms with Crippen LogP contribution in [0.5, 0.6) is 0 Å². The normalized spacial score (nSPS) is 18.6. The molecule has 4 heteroatoms. The summed E-state index contributed by atoms with van der Waals surface area (Å²) in [7, 11) is 0. The lowest BCUT2D eigenvalue weighted by atomic mass is 9.65. The minimum Gasteiger partial charge on any atom is -0.456 e. The molecule has 8 aliphatic rings. The Hall–Kier alpha value is -15.1. The fraction of sp³-hybridized carbons (Fsp3) is 0.120. The van der Waals surface area contributed by atoms with Crippen molar-refractivity contribution in [3.8, 4) is 44.5 Å². The Morgan fingerprint density at radius 2 is 0.891 bits per heavy atom. The number of benzene rings is 17. The van der Waals surface area contributed by atoms with Crippen molar-refractivity contribution in [2.45, 2.75) is 82.5 Å². The van der Waals surface area contributed by atoms with Gasteiger partial charge in [0.1, 0.15) is 22.3 Å². The number of nitrogens with zero attached hydrogens (tertiary/aromatic N) is 2. The summed E-state index contributed by atoms with van der Waals surface area (Å²) in [5, 5.41) is 18.0. The number of para-hydroxylation sites is 2. The minimum absolute atomic E-state index is 0.132. The summed E-state index contributed by atoms with van der Waals surface area (Å²) in [6, 6.07) is 130. The molecule has 0 bridgehead atoms. The number of fused-ring (bicyclic) bond motifs is 24. The first-order valence-corrected chi connectivity index (χ1v) is 46.4. The monoisotopic (exact) mass is 1650 g/mol. The fourth-order valence-electron chi connectivity index (χ4n) is 24.4. The maximum atomic E-state index is 6.31. The van der Waals surface area contributed by atoms with E-state index in [0.717, 1.165) is 123 Å². The molecule has 612 valence electrons. The number of furan rings is 2. The van der Waals surface area contributed by atoms with Gasteiger partial charge in [-0.2, -0.15) is 0 Å². The maximum absolute atomic E-state index is 6.31. The van der Waals surface area contributed by atoms with E-state index in [9.17, 15) is 0 Å². The molecule has 129 heavy (non-hydrogen) atoms. The molecule has 0 radical (unpaired) electrons. The molecule has 0 N–H and O–H groups in total. The standard InChI is InChI=1S/C125H90N2O2/c1-124(2)115-64-47-84(71-110(115)102-63-59-91(72-117(102)124)126(88-54-41-78(42-55-88)82-48-65-121-111(69-82)103-31-16-19-35-119(103)128-121)87-50-37-76(38-51-87)80-45-60-98-95-27-10-9-25-93(95)94-26-11-12-28-96(94)107(98)67-80)106-74-113-99-61-46-81(68-108(99)97-29-13-14-33-105(97)123(113)114-75-109(106)114)77-39-52-89(53-40-77)127(90-56-43-79(44-57-90)83-49-66-122-112(70-83)104-32-17-20-36-120(104)129-122)92-58-62-101-100-30-15-18-34-116(100)125(118(101)73-92,85-21-5-3-6-22-85)86-23-7-4-8-24-86/h3-7,9-23,25-44,46,48-58,60-62,65-74,80,109,114H,8,24,45,47,59,63-64,75H2,1-2H3. The first-order valence-electron chi connectivity index (χ1n) is 46.4. The molecule has 0 saturated heterocycles. The third kappa shape index (κ3) is 11.5. The highest BCUT2D eigenvalue weighted by Gasteiger charge is 2.50. The van der Waals surface area contributed by atoms with Crippen LogP contribution in [0, 0.1) is 11.3 Å². The molecule has 4 unspecified atom stereocenters.